The maximum atomic E-state index is 12.7. The van der Waals surface area contributed by atoms with Crippen molar-refractivity contribution in [1.29, 1.82) is 0 Å². The van der Waals surface area contributed by atoms with Gasteiger partial charge in [0.25, 0.3) is 0 Å². The fourth-order valence-corrected chi connectivity index (χ4v) is 4.00. The summed E-state index contributed by atoms with van der Waals surface area (Å²) in [5.74, 6) is -0.630. The molecule has 0 heterocycles. The summed E-state index contributed by atoms with van der Waals surface area (Å²) in [4.78, 5) is 12.7. The lowest BCUT2D eigenvalue weighted by Crippen LogP contribution is -2.47. The number of carbonyl (C=O) groups is 1. The molecule has 0 aliphatic carbocycles. The number of hydrogen-bond acceptors (Lipinski definition) is 3. The zero-order chi connectivity index (χ0) is 21.1. The summed E-state index contributed by atoms with van der Waals surface area (Å²) in [6, 6.07) is 9.62. The highest BCUT2D eigenvalue weighted by molar-refractivity contribution is 7.92. The zero-order valence-corrected chi connectivity index (χ0v) is 16.4. The predicted molar refractivity (Wildman–Crippen MR) is 103 cm³/mol. The van der Waals surface area contributed by atoms with Crippen molar-refractivity contribution in [2.45, 2.75) is 32.5 Å². The number of halogens is 3. The van der Waals surface area contributed by atoms with Gasteiger partial charge in [-0.3, -0.25) is 9.10 Å². The summed E-state index contributed by atoms with van der Waals surface area (Å²) in [5, 5.41) is 2.50. The minimum atomic E-state index is -4.48. The van der Waals surface area contributed by atoms with Crippen LogP contribution in [0.25, 0.3) is 0 Å². The molecule has 0 saturated carbocycles. The van der Waals surface area contributed by atoms with Gasteiger partial charge >= 0.3 is 6.18 Å². The first-order valence-electron chi connectivity index (χ1n) is 8.47. The molecule has 1 N–H and O–H groups in total. The molecule has 2 aromatic carbocycles. The SMILES string of the molecule is CCC(C(=O)Nc1ccc(C(F)(F)F)cc1)N(c1cccc(C)c1)S(C)(=O)=O. The van der Waals surface area contributed by atoms with E-state index in [1.807, 2.05) is 0 Å². The van der Waals surface area contributed by atoms with Crippen molar-refractivity contribution in [3.63, 3.8) is 0 Å². The van der Waals surface area contributed by atoms with Gasteiger partial charge in [-0.25, -0.2) is 8.42 Å². The summed E-state index contributed by atoms with van der Waals surface area (Å²) < 4.78 is 63.8. The number of aryl methyl sites for hydroxylation is 1. The number of rotatable bonds is 6. The third kappa shape index (κ3) is 5.25. The highest BCUT2D eigenvalue weighted by Crippen LogP contribution is 2.30. The first-order valence-corrected chi connectivity index (χ1v) is 10.3. The molecule has 0 aliphatic rings. The zero-order valence-electron chi connectivity index (χ0n) is 15.6. The summed E-state index contributed by atoms with van der Waals surface area (Å²) >= 11 is 0. The van der Waals surface area contributed by atoms with Crippen LogP contribution in [-0.2, 0) is 21.0 Å². The Morgan fingerprint density at radius 3 is 2.21 bits per heavy atom. The third-order valence-corrected chi connectivity index (χ3v) is 5.25. The van der Waals surface area contributed by atoms with Crippen LogP contribution in [0.15, 0.2) is 48.5 Å². The average Bonchev–Trinajstić information content (AvgIpc) is 2.57. The van der Waals surface area contributed by atoms with E-state index in [1.165, 1.54) is 0 Å². The van der Waals surface area contributed by atoms with Gasteiger partial charge in [-0.1, -0.05) is 19.1 Å². The van der Waals surface area contributed by atoms with Crippen LogP contribution >= 0.6 is 0 Å². The molecule has 1 unspecified atom stereocenters. The lowest BCUT2D eigenvalue weighted by Gasteiger charge is -2.30. The van der Waals surface area contributed by atoms with E-state index in [2.05, 4.69) is 5.32 Å². The smallest absolute Gasteiger partial charge is 0.324 e. The van der Waals surface area contributed by atoms with Crippen molar-refractivity contribution >= 4 is 27.3 Å². The lowest BCUT2D eigenvalue weighted by molar-refractivity contribution is -0.137. The van der Waals surface area contributed by atoms with Gasteiger partial charge in [0.1, 0.15) is 6.04 Å². The van der Waals surface area contributed by atoms with Crippen LogP contribution in [0.3, 0.4) is 0 Å². The molecule has 1 amide bonds. The molecule has 28 heavy (non-hydrogen) atoms. The molecule has 0 radical (unpaired) electrons. The minimum Gasteiger partial charge on any atom is -0.324 e. The molecule has 9 heteroatoms. The molecule has 2 rings (SSSR count). The summed E-state index contributed by atoms with van der Waals surface area (Å²) in [5.41, 5.74) is 0.477. The van der Waals surface area contributed by atoms with E-state index in [-0.39, 0.29) is 12.1 Å². The van der Waals surface area contributed by atoms with Gasteiger partial charge in [0.05, 0.1) is 17.5 Å². The van der Waals surface area contributed by atoms with E-state index < -0.39 is 33.7 Å². The summed E-state index contributed by atoms with van der Waals surface area (Å²) in [6.07, 6.45) is -3.30. The number of hydrogen-bond donors (Lipinski definition) is 1. The normalized spacial score (nSPS) is 13.1. The van der Waals surface area contributed by atoms with Crippen LogP contribution in [-0.4, -0.2) is 26.6 Å². The number of nitrogens with zero attached hydrogens (tertiary/aromatic N) is 1. The number of sulfonamides is 1. The van der Waals surface area contributed by atoms with E-state index >= 15 is 0 Å². The third-order valence-electron chi connectivity index (χ3n) is 4.07. The number of carbonyl (C=O) groups excluding carboxylic acids is 1. The Morgan fingerprint density at radius 1 is 1.14 bits per heavy atom. The molecule has 0 fully saturated rings. The van der Waals surface area contributed by atoms with Gasteiger partial charge in [0.2, 0.25) is 15.9 Å². The summed E-state index contributed by atoms with van der Waals surface area (Å²) in [7, 11) is -3.79. The Bertz CT molecular complexity index is 942. The van der Waals surface area contributed by atoms with E-state index in [0.717, 1.165) is 40.4 Å². The van der Waals surface area contributed by atoms with Gasteiger partial charge in [-0.15, -0.1) is 0 Å². The van der Waals surface area contributed by atoms with Crippen molar-refractivity contribution in [2.24, 2.45) is 0 Å². The molecule has 1 atom stereocenters. The molecule has 0 aromatic heterocycles. The largest absolute Gasteiger partial charge is 0.416 e. The molecule has 0 aliphatic heterocycles. The molecule has 152 valence electrons. The number of benzene rings is 2. The number of amides is 1. The molecular formula is C19H21F3N2O3S. The van der Waals surface area contributed by atoms with Gasteiger partial charge in [0.15, 0.2) is 0 Å². The Labute approximate surface area is 162 Å². The second-order valence-electron chi connectivity index (χ2n) is 6.39. The Morgan fingerprint density at radius 2 is 1.75 bits per heavy atom. The van der Waals surface area contributed by atoms with Crippen LogP contribution in [0.1, 0.15) is 24.5 Å². The van der Waals surface area contributed by atoms with Gasteiger partial charge < -0.3 is 5.32 Å². The lowest BCUT2D eigenvalue weighted by atomic mass is 10.1. The Kier molecular flexibility index (Phi) is 6.38. The van der Waals surface area contributed by atoms with Gasteiger partial charge in [-0.05, 0) is 55.3 Å². The molecular weight excluding hydrogens is 393 g/mol. The number of anilines is 2. The first kappa shape index (κ1) is 21.7. The first-order chi connectivity index (χ1) is 12.9. The maximum Gasteiger partial charge on any atom is 0.416 e. The standard InChI is InChI=1S/C19H21F3N2O3S/c1-4-17(24(28(3,26)27)16-7-5-6-13(2)12-16)18(25)23-15-10-8-14(9-11-15)19(20,21)22/h5-12,17H,4H2,1-3H3,(H,23,25). The van der Waals surface area contributed by atoms with E-state index in [1.54, 1.807) is 38.1 Å². The molecule has 0 bridgehead atoms. The van der Waals surface area contributed by atoms with Crippen molar-refractivity contribution < 1.29 is 26.4 Å². The molecule has 5 nitrogen and oxygen atoms in total. The molecule has 0 saturated heterocycles. The van der Waals surface area contributed by atoms with Gasteiger partial charge in [-0.2, -0.15) is 13.2 Å². The maximum absolute atomic E-state index is 12.7. The second-order valence-corrected chi connectivity index (χ2v) is 8.25. The highest BCUT2D eigenvalue weighted by atomic mass is 32.2. The van der Waals surface area contributed by atoms with Crippen molar-refractivity contribution in [1.82, 2.24) is 0 Å². The number of alkyl halides is 3. The average molecular weight is 414 g/mol. The van der Waals surface area contributed by atoms with Crippen LogP contribution in [0.4, 0.5) is 24.5 Å². The molecule has 2 aromatic rings. The Balaban J connectivity index is 2.32. The number of nitrogens with one attached hydrogen (secondary N) is 1. The van der Waals surface area contributed by atoms with Crippen LogP contribution < -0.4 is 9.62 Å². The highest BCUT2D eigenvalue weighted by Gasteiger charge is 2.32. The quantitative estimate of drug-likeness (QED) is 0.771. The van der Waals surface area contributed by atoms with Crippen molar-refractivity contribution in [3.05, 3.63) is 59.7 Å². The minimum absolute atomic E-state index is 0.147. The second kappa shape index (κ2) is 8.22. The Hall–Kier alpha value is -2.55. The summed E-state index contributed by atoms with van der Waals surface area (Å²) in [6.45, 7) is 3.46. The van der Waals surface area contributed by atoms with E-state index in [4.69, 9.17) is 0 Å². The monoisotopic (exact) mass is 414 g/mol. The predicted octanol–water partition coefficient (Wildman–Crippen LogP) is 4.20. The molecule has 0 spiro atoms. The fourth-order valence-electron chi connectivity index (χ4n) is 2.79. The fraction of sp³-hybridized carbons (Fsp3) is 0.316. The van der Waals surface area contributed by atoms with Crippen LogP contribution in [0, 0.1) is 6.92 Å². The van der Waals surface area contributed by atoms with Crippen LogP contribution in [0.5, 0.6) is 0 Å². The van der Waals surface area contributed by atoms with Crippen molar-refractivity contribution in [2.75, 3.05) is 15.9 Å². The van der Waals surface area contributed by atoms with E-state index in [9.17, 15) is 26.4 Å². The van der Waals surface area contributed by atoms with E-state index in [0.29, 0.717) is 5.69 Å². The van der Waals surface area contributed by atoms with Crippen LogP contribution in [0.2, 0.25) is 0 Å². The topological polar surface area (TPSA) is 66.5 Å². The van der Waals surface area contributed by atoms with Gasteiger partial charge in [0, 0.05) is 5.69 Å². The van der Waals surface area contributed by atoms with Crippen molar-refractivity contribution in [3.8, 4) is 0 Å².